The summed E-state index contributed by atoms with van der Waals surface area (Å²) in [7, 11) is 0. The number of aryl methyl sites for hydroxylation is 1. The molecule has 0 N–H and O–H groups in total. The van der Waals surface area contributed by atoms with Gasteiger partial charge in [-0.15, -0.1) is 6.58 Å². The van der Waals surface area contributed by atoms with E-state index in [1.165, 1.54) is 81.8 Å². The van der Waals surface area contributed by atoms with E-state index in [1.807, 2.05) is 20.8 Å². The lowest BCUT2D eigenvalue weighted by molar-refractivity contribution is 0.203. The van der Waals surface area contributed by atoms with Gasteiger partial charge in [-0.1, -0.05) is 127 Å². The van der Waals surface area contributed by atoms with Crippen LogP contribution in [0.2, 0.25) is 0 Å². The minimum atomic E-state index is 1.03. The normalized spacial score (nSPS) is 17.9. The van der Waals surface area contributed by atoms with E-state index in [2.05, 4.69) is 50.4 Å². The molecule has 0 bridgehead atoms. The molecule has 29 heavy (non-hydrogen) atoms. The lowest BCUT2D eigenvalue weighted by atomic mass is 9.74. The van der Waals surface area contributed by atoms with Crippen LogP contribution in [0.4, 0.5) is 0 Å². The third-order valence-corrected chi connectivity index (χ3v) is 5.96. The van der Waals surface area contributed by atoms with Gasteiger partial charge >= 0.3 is 0 Å². The Morgan fingerprint density at radius 1 is 0.931 bits per heavy atom. The number of allylic oxidation sites excluding steroid dienone is 2. The van der Waals surface area contributed by atoms with Gasteiger partial charge in [0.25, 0.3) is 0 Å². The molecule has 2 rings (SSSR count). The highest BCUT2D eigenvalue weighted by Gasteiger charge is 2.23. The van der Waals surface area contributed by atoms with E-state index >= 15 is 0 Å². The summed E-state index contributed by atoms with van der Waals surface area (Å²) >= 11 is 0. The van der Waals surface area contributed by atoms with E-state index in [9.17, 15) is 0 Å². The van der Waals surface area contributed by atoms with E-state index in [1.54, 1.807) is 6.08 Å². The fraction of sp³-hybridized carbons (Fsp3) is 0.655. The maximum absolute atomic E-state index is 4.31. The van der Waals surface area contributed by atoms with Crippen molar-refractivity contribution in [2.45, 2.75) is 111 Å². The highest BCUT2D eigenvalue weighted by molar-refractivity contribution is 5.16. The largest absolute Gasteiger partial charge is 0.103 e. The van der Waals surface area contributed by atoms with Crippen molar-refractivity contribution >= 4 is 0 Å². The monoisotopic (exact) mass is 398 g/mol. The van der Waals surface area contributed by atoms with Crippen LogP contribution in [0.25, 0.3) is 0 Å². The van der Waals surface area contributed by atoms with Crippen molar-refractivity contribution in [3.05, 3.63) is 60.7 Å². The first-order valence-corrected chi connectivity index (χ1v) is 12.5. The summed E-state index contributed by atoms with van der Waals surface area (Å²) in [5, 5.41) is 0. The molecule has 1 fully saturated rings. The molecule has 2 unspecified atom stereocenters. The van der Waals surface area contributed by atoms with Crippen LogP contribution in [0.15, 0.2) is 55.1 Å². The zero-order valence-electron chi connectivity index (χ0n) is 20.2. The Balaban J connectivity index is 0.00000143. The van der Waals surface area contributed by atoms with Crippen molar-refractivity contribution in [3.63, 3.8) is 0 Å². The first kappa shape index (κ1) is 27.7. The summed E-state index contributed by atoms with van der Waals surface area (Å²) in [6, 6.07) is 10.8. The van der Waals surface area contributed by atoms with Crippen molar-refractivity contribution in [2.75, 3.05) is 0 Å². The van der Waals surface area contributed by atoms with Crippen molar-refractivity contribution in [1.29, 1.82) is 0 Å². The highest BCUT2D eigenvalue weighted by atomic mass is 14.3. The molecule has 0 aromatic heterocycles. The Morgan fingerprint density at radius 2 is 1.48 bits per heavy atom. The molecule has 0 amide bonds. The molecular formula is C29H50. The maximum atomic E-state index is 4.31. The van der Waals surface area contributed by atoms with Gasteiger partial charge in [-0.05, 0) is 50.0 Å². The maximum Gasteiger partial charge on any atom is -0.0242 e. The minimum absolute atomic E-state index is 1.03. The molecule has 1 aliphatic carbocycles. The summed E-state index contributed by atoms with van der Waals surface area (Å²) in [4.78, 5) is 0. The topological polar surface area (TPSA) is 0 Å². The Morgan fingerprint density at radius 3 is 2.03 bits per heavy atom. The summed E-state index contributed by atoms with van der Waals surface area (Å²) in [5.41, 5.74) is 2.89. The molecule has 166 valence electrons. The molecule has 0 aliphatic heterocycles. The van der Waals surface area contributed by atoms with Crippen LogP contribution in [0.1, 0.15) is 110 Å². The van der Waals surface area contributed by atoms with Crippen LogP contribution in [-0.4, -0.2) is 0 Å². The van der Waals surface area contributed by atoms with Gasteiger partial charge in [0.2, 0.25) is 0 Å². The molecular weight excluding hydrogens is 348 g/mol. The standard InChI is InChI=1S/C24H38.C3H6.C2H6/c1-3-4-15-23-17-10-11-18-24(23)16-9-8-12-21(2)19-20-22-13-6-5-7-14-22;1-3-2;1-2/h5-7,13-14,23-24H,2-4,8-12,15-20H2,1H3;3H,1H2,2H3;1-2H3. The van der Waals surface area contributed by atoms with E-state index < -0.39 is 0 Å². The molecule has 0 radical (unpaired) electrons. The molecule has 0 saturated heterocycles. The minimum Gasteiger partial charge on any atom is -0.103 e. The van der Waals surface area contributed by atoms with Gasteiger partial charge in [0.1, 0.15) is 0 Å². The number of unbranched alkanes of at least 4 members (excludes halogenated alkanes) is 2. The quantitative estimate of drug-likeness (QED) is 0.257. The lowest BCUT2D eigenvalue weighted by Crippen LogP contribution is -2.19. The SMILES string of the molecule is C=C(CCCCC1CCCCC1CCCC)CCc1ccccc1.C=CC.CC. The Hall–Kier alpha value is -1.30. The fourth-order valence-electron chi connectivity index (χ4n) is 4.38. The second-order valence-electron chi connectivity index (χ2n) is 8.34. The number of hydrogen-bond donors (Lipinski definition) is 0. The molecule has 0 heterocycles. The van der Waals surface area contributed by atoms with E-state index in [4.69, 9.17) is 0 Å². The molecule has 0 spiro atoms. The van der Waals surface area contributed by atoms with Gasteiger partial charge in [-0.25, -0.2) is 0 Å². The first-order valence-electron chi connectivity index (χ1n) is 12.5. The van der Waals surface area contributed by atoms with E-state index in [-0.39, 0.29) is 0 Å². The predicted molar refractivity (Wildman–Crippen MR) is 135 cm³/mol. The van der Waals surface area contributed by atoms with Crippen LogP contribution in [0.5, 0.6) is 0 Å². The summed E-state index contributed by atoms with van der Waals surface area (Å²) in [5.74, 6) is 2.07. The third kappa shape index (κ3) is 14.3. The van der Waals surface area contributed by atoms with Gasteiger partial charge in [-0.2, -0.15) is 0 Å². The van der Waals surface area contributed by atoms with Crippen LogP contribution in [0, 0.1) is 11.8 Å². The zero-order valence-corrected chi connectivity index (χ0v) is 20.2. The molecule has 1 saturated carbocycles. The smallest absolute Gasteiger partial charge is 0.0242 e. The molecule has 0 nitrogen and oxygen atoms in total. The van der Waals surface area contributed by atoms with Gasteiger partial charge in [0, 0.05) is 0 Å². The van der Waals surface area contributed by atoms with Crippen LogP contribution >= 0.6 is 0 Å². The molecule has 2 atom stereocenters. The van der Waals surface area contributed by atoms with Crippen molar-refractivity contribution < 1.29 is 0 Å². The van der Waals surface area contributed by atoms with Gasteiger partial charge in [0.15, 0.2) is 0 Å². The predicted octanol–water partition coefficient (Wildman–Crippen LogP) is 9.95. The number of benzene rings is 1. The summed E-state index contributed by atoms with van der Waals surface area (Å²) in [6.45, 7) is 15.9. The summed E-state index contributed by atoms with van der Waals surface area (Å²) in [6.07, 6.45) is 19.8. The number of hydrogen-bond acceptors (Lipinski definition) is 0. The van der Waals surface area contributed by atoms with Crippen LogP contribution < -0.4 is 0 Å². The molecule has 0 heteroatoms. The fourth-order valence-corrected chi connectivity index (χ4v) is 4.38. The van der Waals surface area contributed by atoms with Gasteiger partial charge in [0.05, 0.1) is 0 Å². The number of rotatable bonds is 11. The summed E-state index contributed by atoms with van der Waals surface area (Å²) < 4.78 is 0. The molecule has 1 aliphatic rings. The third-order valence-electron chi connectivity index (χ3n) is 5.96. The second-order valence-corrected chi connectivity index (χ2v) is 8.34. The van der Waals surface area contributed by atoms with E-state index in [0.29, 0.717) is 0 Å². The zero-order chi connectivity index (χ0) is 21.7. The average molecular weight is 399 g/mol. The highest BCUT2D eigenvalue weighted by Crippen LogP contribution is 2.36. The lowest BCUT2D eigenvalue weighted by Gasteiger charge is -2.31. The van der Waals surface area contributed by atoms with Crippen molar-refractivity contribution in [3.8, 4) is 0 Å². The van der Waals surface area contributed by atoms with Crippen molar-refractivity contribution in [1.82, 2.24) is 0 Å². The van der Waals surface area contributed by atoms with Gasteiger partial charge < -0.3 is 0 Å². The van der Waals surface area contributed by atoms with Crippen LogP contribution in [-0.2, 0) is 6.42 Å². The van der Waals surface area contributed by atoms with Crippen molar-refractivity contribution in [2.24, 2.45) is 11.8 Å². The average Bonchev–Trinajstić information content (AvgIpc) is 2.77. The first-order chi connectivity index (χ1) is 14.2. The van der Waals surface area contributed by atoms with E-state index in [0.717, 1.165) is 24.7 Å². The van der Waals surface area contributed by atoms with Crippen LogP contribution in [0.3, 0.4) is 0 Å². The Kier molecular flexibility index (Phi) is 19.1. The molecule has 1 aromatic carbocycles. The van der Waals surface area contributed by atoms with Gasteiger partial charge in [-0.3, -0.25) is 0 Å². The molecule has 1 aromatic rings. The second kappa shape index (κ2) is 20.0. The Bertz CT molecular complexity index is 484. The Labute approximate surface area is 183 Å².